The number of hydrogen-bond acceptors (Lipinski definition) is 0. The standard InChI is InChI=1S/2C9H11.2CH3.Zr/c2*1-2-5-9-7-3-6-8(9)4-1;;;/h2*1-2,4,6,9H,3,5,7H2;2*1H3;. The van der Waals surface area contributed by atoms with Crippen LogP contribution in [0.15, 0.2) is 47.6 Å². The SMILES string of the molecule is [CH3][Zr]([CH3])([CH]1CCC2CC=CC=C21)[CH]1CCC2CC=CC=C21. The molecule has 0 saturated heterocycles. The normalized spacial score (nSPS) is 38.0. The summed E-state index contributed by atoms with van der Waals surface area (Å²) in [5.41, 5.74) is 3.74. The summed E-state index contributed by atoms with van der Waals surface area (Å²) in [5, 5.41) is 0. The Kier molecular flexibility index (Phi) is 3.77. The molecule has 4 aliphatic carbocycles. The summed E-state index contributed by atoms with van der Waals surface area (Å²) in [7, 11) is 0. The zero-order chi connectivity index (χ0) is 14.4. The molecular weight excluding hydrogens is 331 g/mol. The average Bonchev–Trinajstić information content (AvgIpc) is 3.12. The number of allylic oxidation sites excluding steroid dienone is 8. The minimum absolute atomic E-state index is 0.911. The van der Waals surface area contributed by atoms with Crippen molar-refractivity contribution in [3.63, 3.8) is 0 Å². The molecule has 0 aliphatic heterocycles. The third-order valence-corrected chi connectivity index (χ3v) is 18.7. The van der Waals surface area contributed by atoms with Gasteiger partial charge in [0.2, 0.25) is 0 Å². The molecule has 4 aliphatic rings. The van der Waals surface area contributed by atoms with E-state index in [9.17, 15) is 0 Å². The van der Waals surface area contributed by atoms with Crippen molar-refractivity contribution in [2.24, 2.45) is 11.8 Å². The Balaban J connectivity index is 1.64. The molecule has 2 fully saturated rings. The molecule has 0 radical (unpaired) electrons. The minimum atomic E-state index is -2.12. The van der Waals surface area contributed by atoms with Crippen molar-refractivity contribution in [2.75, 3.05) is 0 Å². The van der Waals surface area contributed by atoms with E-state index in [0.29, 0.717) is 0 Å². The first kappa shape index (κ1) is 14.4. The van der Waals surface area contributed by atoms with E-state index in [0.717, 1.165) is 19.1 Å². The fraction of sp³-hybridized carbons (Fsp3) is 0.600. The first-order valence-electron chi connectivity index (χ1n) is 8.91. The van der Waals surface area contributed by atoms with Gasteiger partial charge in [0.1, 0.15) is 0 Å². The monoisotopic (exact) mass is 358 g/mol. The van der Waals surface area contributed by atoms with Gasteiger partial charge in [0.25, 0.3) is 0 Å². The maximum absolute atomic E-state index is 2.77. The van der Waals surface area contributed by atoms with Crippen molar-refractivity contribution in [1.82, 2.24) is 0 Å². The molecule has 0 N–H and O–H groups in total. The Morgan fingerprint density at radius 1 is 0.762 bits per heavy atom. The van der Waals surface area contributed by atoms with Gasteiger partial charge in [-0.2, -0.15) is 0 Å². The molecule has 0 bridgehead atoms. The van der Waals surface area contributed by atoms with E-state index in [2.05, 4.69) is 45.7 Å². The zero-order valence-electron chi connectivity index (χ0n) is 13.5. The van der Waals surface area contributed by atoms with E-state index in [4.69, 9.17) is 0 Å². The van der Waals surface area contributed by atoms with Gasteiger partial charge in [-0.3, -0.25) is 0 Å². The maximum atomic E-state index is 2.77. The first-order chi connectivity index (χ1) is 10.2. The summed E-state index contributed by atoms with van der Waals surface area (Å²) in [6.07, 6.45) is 23.1. The molecule has 0 amide bonds. The van der Waals surface area contributed by atoms with Gasteiger partial charge in [-0.25, -0.2) is 0 Å². The third-order valence-electron chi connectivity index (χ3n) is 6.84. The Hall–Kier alpha value is -0.157. The van der Waals surface area contributed by atoms with Crippen molar-refractivity contribution in [3.8, 4) is 0 Å². The van der Waals surface area contributed by atoms with Crippen LogP contribution in [-0.4, -0.2) is 0 Å². The van der Waals surface area contributed by atoms with E-state index in [1.807, 2.05) is 11.1 Å². The van der Waals surface area contributed by atoms with Gasteiger partial charge in [-0.05, 0) is 0 Å². The number of fused-ring (bicyclic) bond motifs is 2. The van der Waals surface area contributed by atoms with Crippen molar-refractivity contribution >= 4 is 0 Å². The fourth-order valence-corrected chi connectivity index (χ4v) is 17.2. The van der Waals surface area contributed by atoms with E-state index in [1.165, 1.54) is 38.5 Å². The van der Waals surface area contributed by atoms with Crippen LogP contribution in [0.3, 0.4) is 0 Å². The van der Waals surface area contributed by atoms with Crippen LogP contribution in [0.1, 0.15) is 38.5 Å². The summed E-state index contributed by atoms with van der Waals surface area (Å²) in [5.74, 6) is 1.82. The van der Waals surface area contributed by atoms with Crippen LogP contribution >= 0.6 is 0 Å². The average molecular weight is 360 g/mol. The Morgan fingerprint density at radius 2 is 1.24 bits per heavy atom. The van der Waals surface area contributed by atoms with E-state index in [1.54, 1.807) is 0 Å². The van der Waals surface area contributed by atoms with Crippen LogP contribution in [0.2, 0.25) is 16.5 Å². The predicted octanol–water partition coefficient (Wildman–Crippen LogP) is 6.41. The van der Waals surface area contributed by atoms with Gasteiger partial charge >= 0.3 is 135 Å². The summed E-state index contributed by atoms with van der Waals surface area (Å²) >= 11 is -2.12. The second-order valence-electron chi connectivity index (χ2n) is 8.14. The van der Waals surface area contributed by atoms with E-state index in [-0.39, 0.29) is 0 Å². The third kappa shape index (κ3) is 2.35. The van der Waals surface area contributed by atoms with Gasteiger partial charge in [0, 0.05) is 0 Å². The van der Waals surface area contributed by atoms with Crippen LogP contribution in [0.25, 0.3) is 0 Å². The topological polar surface area (TPSA) is 0 Å². The molecule has 1 heteroatoms. The van der Waals surface area contributed by atoms with Crippen LogP contribution < -0.4 is 0 Å². The molecule has 112 valence electrons. The van der Waals surface area contributed by atoms with Gasteiger partial charge in [0.15, 0.2) is 0 Å². The van der Waals surface area contributed by atoms with Crippen LogP contribution in [0, 0.1) is 11.8 Å². The predicted molar refractivity (Wildman–Crippen MR) is 88.4 cm³/mol. The van der Waals surface area contributed by atoms with Gasteiger partial charge in [0.05, 0.1) is 0 Å². The van der Waals surface area contributed by atoms with Gasteiger partial charge in [-0.1, -0.05) is 0 Å². The Morgan fingerprint density at radius 3 is 1.71 bits per heavy atom. The summed E-state index contributed by atoms with van der Waals surface area (Å²) in [6.45, 7) is 0. The molecular formula is C20H28Zr. The molecule has 0 spiro atoms. The molecule has 0 aromatic carbocycles. The number of hydrogen-bond donors (Lipinski definition) is 0. The molecule has 0 aromatic heterocycles. The Bertz CT molecular complexity index is 498. The molecule has 0 heterocycles. The van der Waals surface area contributed by atoms with Crippen LogP contribution in [0.5, 0.6) is 0 Å². The molecule has 4 atom stereocenters. The van der Waals surface area contributed by atoms with E-state index < -0.39 is 20.3 Å². The summed E-state index contributed by atoms with van der Waals surface area (Å²) < 4.78 is 7.58. The number of rotatable bonds is 2. The first-order valence-corrected chi connectivity index (χ1v) is 16.7. The summed E-state index contributed by atoms with van der Waals surface area (Å²) in [6, 6.07) is 0. The van der Waals surface area contributed by atoms with Crippen LogP contribution in [0.4, 0.5) is 0 Å². The Labute approximate surface area is 134 Å². The van der Waals surface area contributed by atoms with Crippen molar-refractivity contribution < 1.29 is 20.3 Å². The van der Waals surface area contributed by atoms with Crippen LogP contribution in [-0.2, 0) is 20.3 Å². The van der Waals surface area contributed by atoms with E-state index >= 15 is 0 Å². The van der Waals surface area contributed by atoms with Crippen molar-refractivity contribution in [2.45, 2.75) is 55.0 Å². The molecule has 0 aromatic rings. The molecule has 4 unspecified atom stereocenters. The molecule has 2 saturated carbocycles. The van der Waals surface area contributed by atoms with Gasteiger partial charge < -0.3 is 0 Å². The molecule has 21 heavy (non-hydrogen) atoms. The fourth-order valence-electron chi connectivity index (χ4n) is 5.67. The summed E-state index contributed by atoms with van der Waals surface area (Å²) in [4.78, 5) is 0. The second-order valence-corrected chi connectivity index (χ2v) is 20.5. The van der Waals surface area contributed by atoms with Crippen molar-refractivity contribution in [1.29, 1.82) is 0 Å². The van der Waals surface area contributed by atoms with Gasteiger partial charge in [-0.15, -0.1) is 0 Å². The second kappa shape index (κ2) is 5.48. The van der Waals surface area contributed by atoms with Crippen molar-refractivity contribution in [3.05, 3.63) is 47.6 Å². The molecule has 0 nitrogen and oxygen atoms in total. The zero-order valence-corrected chi connectivity index (χ0v) is 16.0. The quantitative estimate of drug-likeness (QED) is 0.534. The molecule has 4 rings (SSSR count).